The van der Waals surface area contributed by atoms with Crippen LogP contribution in [0, 0.1) is 0 Å². The van der Waals surface area contributed by atoms with Crippen LogP contribution < -0.4 is 5.32 Å². The lowest BCUT2D eigenvalue weighted by Gasteiger charge is -2.10. The molecule has 0 fully saturated rings. The molecule has 5 heteroatoms. The molecule has 0 aliphatic heterocycles. The first-order chi connectivity index (χ1) is 7.72. The van der Waals surface area contributed by atoms with Crippen molar-refractivity contribution in [1.29, 1.82) is 0 Å². The predicted molar refractivity (Wildman–Crippen MR) is 60.8 cm³/mol. The standard InChI is InChI=1S/C11H19N3O2/c1-2-3-10(15)8-13-11(16)4-6-14-7-5-12-9-14/h5,7,9-10,15H,2-4,6,8H2,1H3,(H,13,16). The maximum absolute atomic E-state index is 11.4. The van der Waals surface area contributed by atoms with Gasteiger partial charge in [0, 0.05) is 31.9 Å². The minimum absolute atomic E-state index is 0.0381. The molecule has 0 bridgehead atoms. The average molecular weight is 225 g/mol. The van der Waals surface area contributed by atoms with Crippen LogP contribution >= 0.6 is 0 Å². The second-order valence-electron chi connectivity index (χ2n) is 3.80. The van der Waals surface area contributed by atoms with Crippen LogP contribution in [0.3, 0.4) is 0 Å². The quantitative estimate of drug-likeness (QED) is 0.712. The van der Waals surface area contributed by atoms with Crippen molar-refractivity contribution in [2.75, 3.05) is 6.54 Å². The van der Waals surface area contributed by atoms with Gasteiger partial charge in [0.2, 0.25) is 5.91 Å². The maximum atomic E-state index is 11.4. The summed E-state index contributed by atoms with van der Waals surface area (Å²) in [6.45, 7) is 2.97. The van der Waals surface area contributed by atoms with Crippen molar-refractivity contribution in [2.45, 2.75) is 38.8 Å². The SMILES string of the molecule is CCCC(O)CNC(=O)CCn1ccnc1. The van der Waals surface area contributed by atoms with Crippen molar-refractivity contribution in [3.63, 3.8) is 0 Å². The summed E-state index contributed by atoms with van der Waals surface area (Å²) >= 11 is 0. The molecule has 5 nitrogen and oxygen atoms in total. The van der Waals surface area contributed by atoms with Gasteiger partial charge in [-0.25, -0.2) is 4.98 Å². The zero-order valence-electron chi connectivity index (χ0n) is 9.59. The van der Waals surface area contributed by atoms with Gasteiger partial charge in [-0.3, -0.25) is 4.79 Å². The molecule has 1 atom stereocenters. The first kappa shape index (κ1) is 12.7. The highest BCUT2D eigenvalue weighted by atomic mass is 16.3. The largest absolute Gasteiger partial charge is 0.391 e. The van der Waals surface area contributed by atoms with Gasteiger partial charge in [0.15, 0.2) is 0 Å². The van der Waals surface area contributed by atoms with E-state index in [1.165, 1.54) is 0 Å². The normalized spacial score (nSPS) is 12.4. The summed E-state index contributed by atoms with van der Waals surface area (Å²) in [4.78, 5) is 15.3. The number of aryl methyl sites for hydroxylation is 1. The molecule has 0 aromatic carbocycles. The van der Waals surface area contributed by atoms with Gasteiger partial charge in [-0.2, -0.15) is 0 Å². The summed E-state index contributed by atoms with van der Waals surface area (Å²) < 4.78 is 1.85. The van der Waals surface area contributed by atoms with E-state index in [0.29, 0.717) is 19.5 Å². The molecule has 0 saturated heterocycles. The summed E-state index contributed by atoms with van der Waals surface area (Å²) in [5, 5.41) is 12.1. The highest BCUT2D eigenvalue weighted by Gasteiger charge is 2.05. The van der Waals surface area contributed by atoms with Crippen molar-refractivity contribution in [3.8, 4) is 0 Å². The first-order valence-electron chi connectivity index (χ1n) is 5.63. The minimum atomic E-state index is -0.429. The topological polar surface area (TPSA) is 67.2 Å². The van der Waals surface area contributed by atoms with Crippen LogP contribution in [0.15, 0.2) is 18.7 Å². The summed E-state index contributed by atoms with van der Waals surface area (Å²) in [7, 11) is 0. The number of aliphatic hydroxyl groups is 1. The number of carbonyl (C=O) groups is 1. The fourth-order valence-corrected chi connectivity index (χ4v) is 1.40. The zero-order chi connectivity index (χ0) is 11.8. The molecule has 0 aliphatic rings. The number of hydrogen-bond donors (Lipinski definition) is 2. The van der Waals surface area contributed by atoms with Crippen LogP contribution in [-0.4, -0.2) is 33.2 Å². The van der Waals surface area contributed by atoms with Crippen LogP contribution in [0.25, 0.3) is 0 Å². The van der Waals surface area contributed by atoms with Gasteiger partial charge in [-0.15, -0.1) is 0 Å². The summed E-state index contributed by atoms with van der Waals surface area (Å²) in [5.41, 5.74) is 0. The molecule has 1 unspecified atom stereocenters. The van der Waals surface area contributed by atoms with E-state index in [9.17, 15) is 9.90 Å². The fraction of sp³-hybridized carbons (Fsp3) is 0.636. The van der Waals surface area contributed by atoms with Crippen LogP contribution in [0.1, 0.15) is 26.2 Å². The van der Waals surface area contributed by atoms with Crippen molar-refractivity contribution in [2.24, 2.45) is 0 Å². The molecule has 0 aliphatic carbocycles. The number of carbonyl (C=O) groups excluding carboxylic acids is 1. The Morgan fingerprint density at radius 3 is 3.06 bits per heavy atom. The van der Waals surface area contributed by atoms with E-state index in [4.69, 9.17) is 0 Å². The van der Waals surface area contributed by atoms with Gasteiger partial charge in [0.05, 0.1) is 12.4 Å². The fourth-order valence-electron chi connectivity index (χ4n) is 1.40. The van der Waals surface area contributed by atoms with Crippen molar-refractivity contribution < 1.29 is 9.90 Å². The molecule has 0 saturated carbocycles. The van der Waals surface area contributed by atoms with E-state index in [0.717, 1.165) is 12.8 Å². The molecule has 1 amide bonds. The lowest BCUT2D eigenvalue weighted by molar-refractivity contribution is -0.121. The molecule has 1 aromatic rings. The highest BCUT2D eigenvalue weighted by Crippen LogP contribution is 1.95. The number of nitrogens with zero attached hydrogens (tertiary/aromatic N) is 2. The molecule has 0 radical (unpaired) electrons. The molecule has 2 N–H and O–H groups in total. The van der Waals surface area contributed by atoms with Crippen LogP contribution in [0.4, 0.5) is 0 Å². The van der Waals surface area contributed by atoms with Crippen LogP contribution in [0.5, 0.6) is 0 Å². The Morgan fingerprint density at radius 2 is 2.44 bits per heavy atom. The average Bonchev–Trinajstić information content (AvgIpc) is 2.77. The Kier molecular flexibility index (Phi) is 5.56. The number of imidazole rings is 1. The molecule has 0 spiro atoms. The predicted octanol–water partition coefficient (Wildman–Crippen LogP) is 0.550. The lowest BCUT2D eigenvalue weighted by atomic mass is 10.2. The maximum Gasteiger partial charge on any atom is 0.221 e. The third kappa shape index (κ3) is 4.93. The molecule has 1 aromatic heterocycles. The summed E-state index contributed by atoms with van der Waals surface area (Å²) in [5.74, 6) is -0.0381. The van der Waals surface area contributed by atoms with Gasteiger partial charge in [0.1, 0.15) is 0 Å². The molecule has 1 heterocycles. The zero-order valence-corrected chi connectivity index (χ0v) is 9.59. The minimum Gasteiger partial charge on any atom is -0.391 e. The summed E-state index contributed by atoms with van der Waals surface area (Å²) in [6.07, 6.45) is 6.81. The third-order valence-electron chi connectivity index (χ3n) is 2.31. The number of rotatable bonds is 7. The second-order valence-corrected chi connectivity index (χ2v) is 3.80. The van der Waals surface area contributed by atoms with Gasteiger partial charge < -0.3 is 15.0 Å². The number of aromatic nitrogens is 2. The Morgan fingerprint density at radius 1 is 1.62 bits per heavy atom. The van der Waals surface area contributed by atoms with Crippen LogP contribution in [-0.2, 0) is 11.3 Å². The first-order valence-corrected chi connectivity index (χ1v) is 5.63. The van der Waals surface area contributed by atoms with Crippen molar-refractivity contribution >= 4 is 5.91 Å². The van der Waals surface area contributed by atoms with E-state index in [1.54, 1.807) is 12.5 Å². The second kappa shape index (κ2) is 7.00. The van der Waals surface area contributed by atoms with E-state index >= 15 is 0 Å². The Bertz CT molecular complexity index is 298. The van der Waals surface area contributed by atoms with Crippen molar-refractivity contribution in [1.82, 2.24) is 14.9 Å². The monoisotopic (exact) mass is 225 g/mol. The number of amides is 1. The third-order valence-corrected chi connectivity index (χ3v) is 2.31. The van der Waals surface area contributed by atoms with Gasteiger partial charge in [-0.05, 0) is 6.42 Å². The molecular weight excluding hydrogens is 206 g/mol. The Balaban J connectivity index is 2.11. The van der Waals surface area contributed by atoms with Gasteiger partial charge >= 0.3 is 0 Å². The van der Waals surface area contributed by atoms with E-state index < -0.39 is 6.10 Å². The molecular formula is C11H19N3O2. The van der Waals surface area contributed by atoms with Gasteiger partial charge in [-0.1, -0.05) is 13.3 Å². The lowest BCUT2D eigenvalue weighted by Crippen LogP contribution is -2.32. The van der Waals surface area contributed by atoms with Crippen LogP contribution in [0.2, 0.25) is 0 Å². The van der Waals surface area contributed by atoms with Gasteiger partial charge in [0.25, 0.3) is 0 Å². The Labute approximate surface area is 95.5 Å². The van der Waals surface area contributed by atoms with E-state index in [-0.39, 0.29) is 5.91 Å². The molecule has 90 valence electrons. The molecule has 1 rings (SSSR count). The smallest absolute Gasteiger partial charge is 0.221 e. The number of nitrogens with one attached hydrogen (secondary N) is 1. The number of hydrogen-bond acceptors (Lipinski definition) is 3. The van der Waals surface area contributed by atoms with E-state index in [2.05, 4.69) is 10.3 Å². The summed E-state index contributed by atoms with van der Waals surface area (Å²) in [6, 6.07) is 0. The number of aliphatic hydroxyl groups excluding tert-OH is 1. The highest BCUT2D eigenvalue weighted by molar-refractivity contribution is 5.75. The van der Waals surface area contributed by atoms with Crippen molar-refractivity contribution in [3.05, 3.63) is 18.7 Å². The Hall–Kier alpha value is -1.36. The molecule has 16 heavy (non-hydrogen) atoms. The van der Waals surface area contributed by atoms with E-state index in [1.807, 2.05) is 17.7 Å².